The Morgan fingerprint density at radius 3 is 1.90 bits per heavy atom. The van der Waals surface area contributed by atoms with Gasteiger partial charge in [-0.25, -0.2) is 28.4 Å². The van der Waals surface area contributed by atoms with Crippen LogP contribution < -0.4 is 31.5 Å². The van der Waals surface area contributed by atoms with Gasteiger partial charge in [-0.15, -0.1) is 11.3 Å². The first kappa shape index (κ1) is 44.2. The molecule has 0 saturated carbocycles. The third-order valence-electron chi connectivity index (χ3n) is 10.1. The molecule has 0 amide bonds. The molecule has 6 rings (SSSR count). The summed E-state index contributed by atoms with van der Waals surface area (Å²) in [5.41, 5.74) is 19.5. The number of hydrogen-bond acceptors (Lipinski definition) is 16. The number of nitrogens with zero attached hydrogens (tertiary/aromatic N) is 9. The zero-order valence-electron chi connectivity index (χ0n) is 34.6. The van der Waals surface area contributed by atoms with E-state index in [1.54, 1.807) is 35.9 Å². The Balaban J connectivity index is 1.15. The van der Waals surface area contributed by atoms with Crippen LogP contribution in [0.15, 0.2) is 95.5 Å². The first-order valence-corrected chi connectivity index (χ1v) is 23.0. The molecule has 18 heteroatoms. The van der Waals surface area contributed by atoms with Gasteiger partial charge in [-0.2, -0.15) is 4.31 Å². The summed E-state index contributed by atoms with van der Waals surface area (Å²) in [7, 11) is -3.18. The zero-order valence-corrected chi connectivity index (χ0v) is 37.0. The lowest BCUT2D eigenvalue weighted by Crippen LogP contribution is -2.48. The maximum atomic E-state index is 11.9. The van der Waals surface area contributed by atoms with E-state index in [1.165, 1.54) is 21.9 Å². The van der Waals surface area contributed by atoms with Crippen LogP contribution in [0.3, 0.4) is 0 Å². The highest BCUT2D eigenvalue weighted by atomic mass is 32.2. The van der Waals surface area contributed by atoms with E-state index < -0.39 is 10.0 Å². The molecule has 0 radical (unpaired) electrons. The maximum Gasteiger partial charge on any atom is 0.211 e. The molecular weight excluding hydrogens is 817 g/mol. The lowest BCUT2D eigenvalue weighted by molar-refractivity contribution is 0.189. The molecule has 318 valence electrons. The van der Waals surface area contributed by atoms with E-state index in [-0.39, 0.29) is 6.61 Å². The number of benzene rings is 2. The number of aliphatic imine (C=N–C) groups is 2. The second kappa shape index (κ2) is 19.8. The number of hydrogen-bond donors (Lipinski definition) is 4. The summed E-state index contributed by atoms with van der Waals surface area (Å²) >= 11 is 2.96. The smallest absolute Gasteiger partial charge is 0.211 e. The molecule has 60 heavy (non-hydrogen) atoms. The summed E-state index contributed by atoms with van der Waals surface area (Å²) in [5, 5.41) is 14.1. The van der Waals surface area contributed by atoms with Crippen molar-refractivity contribution in [3.05, 3.63) is 112 Å². The fraction of sp³-hybridized carbons (Fsp3) is 0.333. The normalized spacial score (nSPS) is 16.3. The van der Waals surface area contributed by atoms with E-state index in [0.717, 1.165) is 75.1 Å². The van der Waals surface area contributed by atoms with E-state index in [1.807, 2.05) is 62.1 Å². The van der Waals surface area contributed by atoms with Gasteiger partial charge in [0, 0.05) is 88.4 Å². The quantitative estimate of drug-likeness (QED) is 0.106. The third-order valence-corrected chi connectivity index (χ3v) is 13.7. The van der Waals surface area contributed by atoms with Gasteiger partial charge in [0.25, 0.3) is 0 Å². The van der Waals surface area contributed by atoms with Crippen LogP contribution in [0.2, 0.25) is 0 Å². The van der Waals surface area contributed by atoms with E-state index in [9.17, 15) is 13.5 Å². The van der Waals surface area contributed by atoms with Crippen LogP contribution >= 0.6 is 22.7 Å². The van der Waals surface area contributed by atoms with Crippen LogP contribution in [0, 0.1) is 20.8 Å². The number of thiazole rings is 2. The standard InChI is InChI=1S/C42H54N12O3S3/c1-29-40(58-33(5)47-29)38(43)16-18-46-32(4)54(37-13-11-36(12-14-37)51-21-19-50(20-22-51)27-28-55)42-48-30(2)41(59-42)39(44)15-17-45-31(3)49-34-7-9-35(10-8-34)52-23-25-53(26-24-52)60(6,56)57/h7-18,49,55H,3-4,19-28,43-44H2,1-2,5-6H3/b38-16-,39-15-,45-17?,46-18?. The van der Waals surface area contributed by atoms with Gasteiger partial charge in [-0.05, 0) is 81.5 Å². The monoisotopic (exact) mass is 870 g/mol. The van der Waals surface area contributed by atoms with Crippen molar-refractivity contribution in [2.24, 2.45) is 21.5 Å². The van der Waals surface area contributed by atoms with Gasteiger partial charge < -0.3 is 31.7 Å². The number of aromatic nitrogens is 2. The van der Waals surface area contributed by atoms with Crippen LogP contribution in [0.4, 0.5) is 27.9 Å². The largest absolute Gasteiger partial charge is 0.397 e. The van der Waals surface area contributed by atoms with Crippen LogP contribution in [0.1, 0.15) is 26.1 Å². The number of nitrogens with one attached hydrogen (secondary N) is 1. The van der Waals surface area contributed by atoms with Crippen molar-refractivity contribution in [3.8, 4) is 0 Å². The SMILES string of the molecule is C=C(N=C/C=C(\N)c1sc(N(C(=C)N=C/C=C(\N)c2sc(C)nc2C)c2ccc(N3CCN(CCO)CC3)cc2)nc1C)Nc1ccc(N2CCN(S(C)(=O)=O)CC2)cc1. The summed E-state index contributed by atoms with van der Waals surface area (Å²) in [6, 6.07) is 16.2. The first-order valence-electron chi connectivity index (χ1n) is 19.6. The van der Waals surface area contributed by atoms with Gasteiger partial charge in [0.05, 0.1) is 56.1 Å². The number of nitrogens with two attached hydrogens (primary N) is 2. The Hall–Kier alpha value is -5.37. The van der Waals surface area contributed by atoms with E-state index in [2.05, 4.69) is 55.3 Å². The van der Waals surface area contributed by atoms with Crippen LogP contribution in [-0.4, -0.2) is 117 Å². The zero-order chi connectivity index (χ0) is 43.0. The molecule has 15 nitrogen and oxygen atoms in total. The Morgan fingerprint density at radius 2 is 1.35 bits per heavy atom. The number of aryl methyl sites for hydroxylation is 3. The summed E-state index contributed by atoms with van der Waals surface area (Å²) in [6.07, 6.45) is 7.97. The molecule has 2 aromatic heterocycles. The maximum absolute atomic E-state index is 11.9. The van der Waals surface area contributed by atoms with Crippen LogP contribution in [0.25, 0.3) is 11.4 Å². The third kappa shape index (κ3) is 11.3. The predicted molar refractivity (Wildman–Crippen MR) is 251 cm³/mol. The molecule has 0 unspecified atom stereocenters. The van der Waals surface area contributed by atoms with Crippen molar-refractivity contribution in [3.63, 3.8) is 0 Å². The molecule has 2 aliphatic rings. The Labute approximate surface area is 361 Å². The highest BCUT2D eigenvalue weighted by molar-refractivity contribution is 7.88. The average Bonchev–Trinajstić information content (AvgIpc) is 3.78. The fourth-order valence-corrected chi connectivity index (χ4v) is 9.68. The van der Waals surface area contributed by atoms with Gasteiger partial charge in [-0.3, -0.25) is 9.80 Å². The fourth-order valence-electron chi connectivity index (χ4n) is 6.95. The van der Waals surface area contributed by atoms with Crippen molar-refractivity contribution in [1.82, 2.24) is 19.2 Å². The molecule has 4 heterocycles. The predicted octanol–water partition coefficient (Wildman–Crippen LogP) is 5.35. The lowest BCUT2D eigenvalue weighted by Gasteiger charge is -2.36. The molecule has 0 atom stereocenters. The minimum absolute atomic E-state index is 0.166. The second-order valence-corrected chi connectivity index (χ2v) is 18.6. The molecule has 2 aromatic carbocycles. The average molecular weight is 871 g/mol. The number of aliphatic hydroxyl groups is 1. The number of β-amino-alcohol motifs (C(OH)–C–C–N with tert-alkyl or cyclic N) is 1. The van der Waals surface area contributed by atoms with E-state index in [0.29, 0.717) is 60.9 Å². The molecule has 0 aliphatic carbocycles. The molecule has 6 N–H and O–H groups in total. The van der Waals surface area contributed by atoms with Crippen molar-refractivity contribution in [2.45, 2.75) is 20.8 Å². The highest BCUT2D eigenvalue weighted by Gasteiger charge is 2.24. The van der Waals surface area contributed by atoms with Gasteiger partial charge >= 0.3 is 0 Å². The van der Waals surface area contributed by atoms with Crippen molar-refractivity contribution >= 4 is 84.4 Å². The van der Waals surface area contributed by atoms with Gasteiger partial charge in [0.2, 0.25) is 10.0 Å². The highest BCUT2D eigenvalue weighted by Crippen LogP contribution is 2.37. The Kier molecular flexibility index (Phi) is 14.6. The van der Waals surface area contributed by atoms with Crippen LogP contribution in [0.5, 0.6) is 0 Å². The molecular formula is C42H54N12O3S3. The molecule has 0 bridgehead atoms. The first-order chi connectivity index (χ1) is 28.7. The van der Waals surface area contributed by atoms with E-state index >= 15 is 0 Å². The van der Waals surface area contributed by atoms with E-state index in [4.69, 9.17) is 21.4 Å². The Morgan fingerprint density at radius 1 is 0.817 bits per heavy atom. The molecule has 2 fully saturated rings. The number of rotatable bonds is 16. The van der Waals surface area contributed by atoms with Crippen molar-refractivity contribution in [2.75, 3.05) is 91.8 Å². The summed E-state index contributed by atoms with van der Waals surface area (Å²) in [5.74, 6) is 0.873. The minimum atomic E-state index is -3.18. The van der Waals surface area contributed by atoms with Crippen molar-refractivity contribution < 1.29 is 13.5 Å². The van der Waals surface area contributed by atoms with Gasteiger partial charge in [0.1, 0.15) is 11.6 Å². The molecule has 0 spiro atoms. The number of anilines is 5. The number of piperazine rings is 2. The topological polar surface area (TPSA) is 185 Å². The number of allylic oxidation sites excluding steroid dienone is 2. The number of aliphatic hydroxyl groups excluding tert-OH is 1. The summed E-state index contributed by atoms with van der Waals surface area (Å²) in [4.78, 5) is 29.0. The number of sulfonamides is 1. The summed E-state index contributed by atoms with van der Waals surface area (Å²) < 4.78 is 25.2. The van der Waals surface area contributed by atoms with Crippen LogP contribution in [-0.2, 0) is 10.0 Å². The molecule has 2 saturated heterocycles. The minimum Gasteiger partial charge on any atom is -0.397 e. The summed E-state index contributed by atoms with van der Waals surface area (Å²) in [6.45, 7) is 20.8. The molecule has 2 aliphatic heterocycles. The molecule has 4 aromatic rings. The van der Waals surface area contributed by atoms with Crippen molar-refractivity contribution in [1.29, 1.82) is 0 Å². The second-order valence-electron chi connectivity index (χ2n) is 14.4. The lowest BCUT2D eigenvalue weighted by atomic mass is 10.2. The van der Waals surface area contributed by atoms with Gasteiger partial charge in [-0.1, -0.05) is 24.5 Å². The Bertz CT molecular complexity index is 2370. The van der Waals surface area contributed by atoms with Gasteiger partial charge in [0.15, 0.2) is 5.13 Å².